The van der Waals surface area contributed by atoms with Crippen molar-refractivity contribution in [2.24, 2.45) is 0 Å². The van der Waals surface area contributed by atoms with Gasteiger partial charge in [0.2, 0.25) is 0 Å². The summed E-state index contributed by atoms with van der Waals surface area (Å²) in [6.45, 7) is 5.25. The van der Waals surface area contributed by atoms with Gasteiger partial charge in [-0.05, 0) is 50.3 Å². The number of rotatable bonds is 3. The van der Waals surface area contributed by atoms with Gasteiger partial charge in [0.05, 0.1) is 17.4 Å². The van der Waals surface area contributed by atoms with Crippen molar-refractivity contribution in [3.05, 3.63) is 28.8 Å². The van der Waals surface area contributed by atoms with Crippen LogP contribution in [0, 0.1) is 13.8 Å². The second kappa shape index (κ2) is 5.02. The number of hydrogen-bond donors (Lipinski definition) is 0. The minimum Gasteiger partial charge on any atom is -0.378 e. The van der Waals surface area contributed by atoms with E-state index >= 15 is 0 Å². The van der Waals surface area contributed by atoms with Gasteiger partial charge in [-0.3, -0.25) is 9.59 Å². The molecule has 106 valence electrons. The molecule has 1 amide bonds. The Bertz CT molecular complexity index is 573. The maximum Gasteiger partial charge on any atom is 0.299 e. The molecule has 1 saturated heterocycles. The molecule has 0 spiro atoms. The predicted molar refractivity (Wildman–Crippen MR) is 76.2 cm³/mol. The molecule has 1 fully saturated rings. The number of benzene rings is 1. The summed E-state index contributed by atoms with van der Waals surface area (Å²) in [6.07, 6.45) is 3.17. The van der Waals surface area contributed by atoms with Crippen molar-refractivity contribution in [2.75, 3.05) is 18.1 Å². The van der Waals surface area contributed by atoms with Crippen LogP contribution in [0.5, 0.6) is 0 Å². The maximum atomic E-state index is 12.2. The summed E-state index contributed by atoms with van der Waals surface area (Å²) in [6, 6.07) is 3.88. The minimum atomic E-state index is -0.397. The highest BCUT2D eigenvalue weighted by molar-refractivity contribution is 6.52. The van der Waals surface area contributed by atoms with Crippen LogP contribution in [0.3, 0.4) is 0 Å². The van der Waals surface area contributed by atoms with Crippen molar-refractivity contribution in [1.82, 2.24) is 0 Å². The van der Waals surface area contributed by atoms with E-state index < -0.39 is 5.91 Å². The van der Waals surface area contributed by atoms with E-state index in [1.54, 1.807) is 4.90 Å². The molecule has 3 rings (SSSR count). The van der Waals surface area contributed by atoms with Crippen LogP contribution in [0.25, 0.3) is 0 Å². The highest BCUT2D eigenvalue weighted by Gasteiger charge is 2.37. The molecule has 1 unspecified atom stereocenters. The lowest BCUT2D eigenvalue weighted by atomic mass is 10.0. The summed E-state index contributed by atoms with van der Waals surface area (Å²) < 4.78 is 5.59. The molecular weight excluding hydrogens is 254 g/mol. The van der Waals surface area contributed by atoms with Gasteiger partial charge in [-0.15, -0.1) is 0 Å². The molecule has 4 nitrogen and oxygen atoms in total. The van der Waals surface area contributed by atoms with E-state index in [1.165, 1.54) is 0 Å². The lowest BCUT2D eigenvalue weighted by Crippen LogP contribution is -2.32. The third-order valence-electron chi connectivity index (χ3n) is 4.11. The van der Waals surface area contributed by atoms with Crippen molar-refractivity contribution in [2.45, 2.75) is 39.2 Å². The second-order valence-corrected chi connectivity index (χ2v) is 5.69. The minimum absolute atomic E-state index is 0.229. The third-order valence-corrected chi connectivity index (χ3v) is 4.11. The zero-order valence-corrected chi connectivity index (χ0v) is 11.9. The molecule has 1 atom stereocenters. The lowest BCUT2D eigenvalue weighted by Gasteiger charge is -2.19. The Labute approximate surface area is 118 Å². The zero-order chi connectivity index (χ0) is 14.3. The molecule has 2 heterocycles. The van der Waals surface area contributed by atoms with E-state index in [-0.39, 0.29) is 11.9 Å². The number of anilines is 1. The number of hydrogen-bond acceptors (Lipinski definition) is 3. The Hall–Kier alpha value is -1.68. The maximum absolute atomic E-state index is 12.2. The van der Waals surface area contributed by atoms with Gasteiger partial charge in [-0.25, -0.2) is 0 Å². The highest BCUT2D eigenvalue weighted by Crippen LogP contribution is 2.33. The van der Waals surface area contributed by atoms with Crippen molar-refractivity contribution >= 4 is 17.4 Å². The van der Waals surface area contributed by atoms with Crippen LogP contribution in [0.4, 0.5) is 5.69 Å². The van der Waals surface area contributed by atoms with Gasteiger partial charge in [-0.1, -0.05) is 6.07 Å². The number of carbonyl (C=O) groups excluding carboxylic acids is 2. The Morgan fingerprint density at radius 3 is 2.80 bits per heavy atom. The van der Waals surface area contributed by atoms with Gasteiger partial charge >= 0.3 is 0 Å². The van der Waals surface area contributed by atoms with Gasteiger partial charge in [0, 0.05) is 13.2 Å². The molecule has 0 radical (unpaired) electrons. The molecule has 0 N–H and O–H groups in total. The Balaban J connectivity index is 1.85. The number of ketones is 1. The topological polar surface area (TPSA) is 46.6 Å². The Kier molecular flexibility index (Phi) is 3.34. The second-order valence-electron chi connectivity index (χ2n) is 5.69. The zero-order valence-electron chi connectivity index (χ0n) is 11.9. The molecule has 1 aromatic rings. The number of aryl methyl sites for hydroxylation is 2. The highest BCUT2D eigenvalue weighted by atomic mass is 16.5. The predicted octanol–water partition coefficient (Wildman–Crippen LogP) is 2.40. The smallest absolute Gasteiger partial charge is 0.299 e. The SMILES string of the molecule is Cc1cc(C)c2c(c1)N(CCC1CCCO1)C(=O)C2=O. The summed E-state index contributed by atoms with van der Waals surface area (Å²) in [4.78, 5) is 25.9. The van der Waals surface area contributed by atoms with E-state index in [9.17, 15) is 9.59 Å². The summed E-state index contributed by atoms with van der Waals surface area (Å²) in [5, 5.41) is 0. The van der Waals surface area contributed by atoms with Gasteiger partial charge in [-0.2, -0.15) is 0 Å². The van der Waals surface area contributed by atoms with Gasteiger partial charge in [0.15, 0.2) is 0 Å². The number of Topliss-reactive ketones (excluding diaryl/α,β-unsaturated/α-hetero) is 1. The molecule has 0 saturated carbocycles. The van der Waals surface area contributed by atoms with Crippen LogP contribution in [-0.4, -0.2) is 30.9 Å². The van der Waals surface area contributed by atoms with Crippen molar-refractivity contribution in [3.8, 4) is 0 Å². The summed E-state index contributed by atoms with van der Waals surface area (Å²) in [5.74, 6) is -0.767. The summed E-state index contributed by atoms with van der Waals surface area (Å²) >= 11 is 0. The Morgan fingerprint density at radius 1 is 1.30 bits per heavy atom. The number of fused-ring (bicyclic) bond motifs is 1. The van der Waals surface area contributed by atoms with E-state index in [0.29, 0.717) is 12.1 Å². The quantitative estimate of drug-likeness (QED) is 0.794. The van der Waals surface area contributed by atoms with E-state index in [1.807, 2.05) is 26.0 Å². The number of carbonyl (C=O) groups is 2. The van der Waals surface area contributed by atoms with Gasteiger partial charge in [0.25, 0.3) is 11.7 Å². The van der Waals surface area contributed by atoms with Crippen LogP contribution >= 0.6 is 0 Å². The van der Waals surface area contributed by atoms with Crippen molar-refractivity contribution < 1.29 is 14.3 Å². The van der Waals surface area contributed by atoms with Crippen LogP contribution in [0.15, 0.2) is 12.1 Å². The summed E-state index contributed by atoms with van der Waals surface area (Å²) in [5.41, 5.74) is 3.31. The Morgan fingerprint density at radius 2 is 2.10 bits per heavy atom. The van der Waals surface area contributed by atoms with Crippen molar-refractivity contribution in [3.63, 3.8) is 0 Å². The fraction of sp³-hybridized carbons (Fsp3) is 0.500. The molecule has 2 aliphatic heterocycles. The molecule has 0 aromatic heterocycles. The van der Waals surface area contributed by atoms with E-state index in [0.717, 1.165) is 42.7 Å². The van der Waals surface area contributed by atoms with E-state index in [2.05, 4.69) is 0 Å². The molecule has 1 aromatic carbocycles. The number of ether oxygens (including phenoxy) is 1. The fourth-order valence-electron chi connectivity index (χ4n) is 3.16. The van der Waals surface area contributed by atoms with Gasteiger partial charge in [0.1, 0.15) is 0 Å². The molecule has 0 bridgehead atoms. The number of nitrogens with zero attached hydrogens (tertiary/aromatic N) is 1. The first kappa shape index (κ1) is 13.3. The average Bonchev–Trinajstić information content (AvgIpc) is 2.97. The monoisotopic (exact) mass is 273 g/mol. The molecular formula is C16H19NO3. The average molecular weight is 273 g/mol. The van der Waals surface area contributed by atoms with Crippen LogP contribution in [0.2, 0.25) is 0 Å². The standard InChI is InChI=1S/C16H19NO3/c1-10-8-11(2)14-13(9-10)17(16(19)15(14)18)6-5-12-4-3-7-20-12/h8-9,12H,3-7H2,1-2H3. The van der Waals surface area contributed by atoms with E-state index in [4.69, 9.17) is 4.74 Å². The first-order chi connectivity index (χ1) is 9.58. The molecule has 0 aliphatic carbocycles. The fourth-order valence-corrected chi connectivity index (χ4v) is 3.16. The normalized spacial score (nSPS) is 21.7. The number of amides is 1. The van der Waals surface area contributed by atoms with Crippen molar-refractivity contribution in [1.29, 1.82) is 0 Å². The van der Waals surface area contributed by atoms with Crippen LogP contribution in [-0.2, 0) is 9.53 Å². The van der Waals surface area contributed by atoms with Crippen LogP contribution in [0.1, 0.15) is 40.7 Å². The van der Waals surface area contributed by atoms with Crippen LogP contribution < -0.4 is 4.90 Å². The first-order valence-corrected chi connectivity index (χ1v) is 7.17. The summed E-state index contributed by atoms with van der Waals surface area (Å²) in [7, 11) is 0. The molecule has 4 heteroatoms. The first-order valence-electron chi connectivity index (χ1n) is 7.17. The largest absolute Gasteiger partial charge is 0.378 e. The molecule has 20 heavy (non-hydrogen) atoms. The third kappa shape index (κ3) is 2.14. The lowest BCUT2D eigenvalue weighted by molar-refractivity contribution is -0.114. The molecule has 2 aliphatic rings. The van der Waals surface area contributed by atoms with Gasteiger partial charge < -0.3 is 9.64 Å².